The fourth-order valence-electron chi connectivity index (χ4n) is 3.08. The maximum atomic E-state index is 12.6. The van der Waals surface area contributed by atoms with Crippen LogP contribution in [0.15, 0.2) is 42.5 Å². The van der Waals surface area contributed by atoms with E-state index in [2.05, 4.69) is 11.4 Å². The number of carbonyl (C=O) groups is 2. The molecule has 138 valence electrons. The summed E-state index contributed by atoms with van der Waals surface area (Å²) in [7, 11) is 3.05. The molecule has 1 fully saturated rings. The quantitative estimate of drug-likeness (QED) is 0.879. The Kier molecular flexibility index (Phi) is 5.27. The molecule has 1 aliphatic heterocycles. The lowest BCUT2D eigenvalue weighted by molar-refractivity contribution is -0.122. The standard InChI is InChI=1S/C20H19N3O4/c1-26-17-8-7-15(10-18(17)27-2)22-20(25)14-9-19(24)23(12-14)16-6-4-3-5-13(16)11-21/h3-8,10,14H,9,12H2,1-2H3,(H,22,25). The van der Waals surface area contributed by atoms with E-state index in [1.165, 1.54) is 19.1 Å². The first kappa shape index (κ1) is 18.3. The molecule has 0 saturated carbocycles. The van der Waals surface area contributed by atoms with Crippen LogP contribution in [-0.4, -0.2) is 32.6 Å². The van der Waals surface area contributed by atoms with Crippen molar-refractivity contribution in [2.24, 2.45) is 5.92 Å². The van der Waals surface area contributed by atoms with Gasteiger partial charge in [0.1, 0.15) is 6.07 Å². The number of anilines is 2. The molecule has 0 radical (unpaired) electrons. The van der Waals surface area contributed by atoms with Gasteiger partial charge in [0, 0.05) is 24.7 Å². The molecule has 7 nitrogen and oxygen atoms in total. The summed E-state index contributed by atoms with van der Waals surface area (Å²) in [6, 6.07) is 14.0. The Balaban J connectivity index is 1.74. The minimum atomic E-state index is -0.502. The first-order valence-electron chi connectivity index (χ1n) is 8.39. The normalized spacial score (nSPS) is 16.0. The second-order valence-corrected chi connectivity index (χ2v) is 6.09. The van der Waals surface area contributed by atoms with Gasteiger partial charge >= 0.3 is 0 Å². The summed E-state index contributed by atoms with van der Waals surface area (Å²) in [6.07, 6.45) is 0.0961. The molecule has 27 heavy (non-hydrogen) atoms. The van der Waals surface area contributed by atoms with Crippen molar-refractivity contribution in [1.82, 2.24) is 0 Å². The molecule has 2 aromatic carbocycles. The third-order valence-corrected chi connectivity index (χ3v) is 4.46. The summed E-state index contributed by atoms with van der Waals surface area (Å²) < 4.78 is 10.4. The molecule has 3 rings (SSSR count). The van der Waals surface area contributed by atoms with Crippen LogP contribution < -0.4 is 19.7 Å². The van der Waals surface area contributed by atoms with Crippen molar-refractivity contribution in [2.45, 2.75) is 6.42 Å². The minimum Gasteiger partial charge on any atom is -0.493 e. The molecule has 1 N–H and O–H groups in total. The van der Waals surface area contributed by atoms with Gasteiger partial charge in [-0.05, 0) is 24.3 Å². The van der Waals surface area contributed by atoms with E-state index < -0.39 is 5.92 Å². The van der Waals surface area contributed by atoms with E-state index >= 15 is 0 Å². The minimum absolute atomic E-state index is 0.0961. The molecular formula is C20H19N3O4. The molecule has 0 spiro atoms. The highest BCUT2D eigenvalue weighted by Gasteiger charge is 2.36. The van der Waals surface area contributed by atoms with Gasteiger partial charge in [-0.2, -0.15) is 5.26 Å². The third-order valence-electron chi connectivity index (χ3n) is 4.46. The summed E-state index contributed by atoms with van der Waals surface area (Å²) in [4.78, 5) is 26.5. The van der Waals surface area contributed by atoms with E-state index in [4.69, 9.17) is 9.47 Å². The number of nitrogens with one attached hydrogen (secondary N) is 1. The molecule has 1 saturated heterocycles. The number of amides is 2. The molecule has 0 aromatic heterocycles. The van der Waals surface area contributed by atoms with E-state index in [-0.39, 0.29) is 24.8 Å². The highest BCUT2D eigenvalue weighted by atomic mass is 16.5. The zero-order valence-corrected chi connectivity index (χ0v) is 15.1. The smallest absolute Gasteiger partial charge is 0.229 e. The number of hydrogen-bond donors (Lipinski definition) is 1. The average molecular weight is 365 g/mol. The van der Waals surface area contributed by atoms with Crippen LogP contribution in [0.1, 0.15) is 12.0 Å². The van der Waals surface area contributed by atoms with Crippen LogP contribution in [0.2, 0.25) is 0 Å². The van der Waals surface area contributed by atoms with Crippen molar-refractivity contribution in [3.63, 3.8) is 0 Å². The first-order valence-corrected chi connectivity index (χ1v) is 8.39. The number of para-hydroxylation sites is 1. The van der Waals surface area contributed by atoms with Crippen LogP contribution in [0.3, 0.4) is 0 Å². The van der Waals surface area contributed by atoms with Gasteiger partial charge in [-0.15, -0.1) is 0 Å². The number of nitrogens with zero attached hydrogens (tertiary/aromatic N) is 2. The highest BCUT2D eigenvalue weighted by Crippen LogP contribution is 2.31. The van der Waals surface area contributed by atoms with E-state index in [0.717, 1.165) is 0 Å². The Morgan fingerprint density at radius 1 is 1.19 bits per heavy atom. The largest absolute Gasteiger partial charge is 0.493 e. The number of methoxy groups -OCH3 is 2. The topological polar surface area (TPSA) is 91.7 Å². The second-order valence-electron chi connectivity index (χ2n) is 6.09. The number of nitriles is 1. The Morgan fingerprint density at radius 3 is 2.63 bits per heavy atom. The van der Waals surface area contributed by atoms with Gasteiger partial charge in [-0.25, -0.2) is 0 Å². The average Bonchev–Trinajstić information content (AvgIpc) is 3.09. The van der Waals surface area contributed by atoms with Gasteiger partial charge in [0.2, 0.25) is 11.8 Å². The number of rotatable bonds is 5. The summed E-state index contributed by atoms with van der Waals surface area (Å²) >= 11 is 0. The predicted octanol–water partition coefficient (Wildman–Crippen LogP) is 2.57. The maximum absolute atomic E-state index is 12.6. The molecule has 1 unspecified atom stereocenters. The van der Waals surface area contributed by atoms with Crippen molar-refractivity contribution in [3.8, 4) is 17.6 Å². The van der Waals surface area contributed by atoms with E-state index in [1.807, 2.05) is 0 Å². The monoisotopic (exact) mass is 365 g/mol. The molecule has 1 atom stereocenters. The maximum Gasteiger partial charge on any atom is 0.229 e. The summed E-state index contributed by atoms with van der Waals surface area (Å²) in [5, 5.41) is 12.1. The van der Waals surface area contributed by atoms with Crippen molar-refractivity contribution < 1.29 is 19.1 Å². The fourth-order valence-corrected chi connectivity index (χ4v) is 3.08. The highest BCUT2D eigenvalue weighted by molar-refractivity contribution is 6.04. The molecule has 2 aromatic rings. The van der Waals surface area contributed by atoms with Gasteiger partial charge in [0.05, 0.1) is 31.4 Å². The number of carbonyl (C=O) groups excluding carboxylic acids is 2. The van der Waals surface area contributed by atoms with Crippen LogP contribution >= 0.6 is 0 Å². The summed E-state index contributed by atoms with van der Waals surface area (Å²) in [6.45, 7) is 0.233. The molecule has 7 heteroatoms. The molecule has 2 amide bonds. The van der Waals surface area contributed by atoms with E-state index in [9.17, 15) is 14.9 Å². The fraction of sp³-hybridized carbons (Fsp3) is 0.250. The molecule has 1 aliphatic rings. The van der Waals surface area contributed by atoms with Crippen LogP contribution in [0.25, 0.3) is 0 Å². The van der Waals surface area contributed by atoms with Crippen LogP contribution in [0, 0.1) is 17.2 Å². The summed E-state index contributed by atoms with van der Waals surface area (Å²) in [5.74, 6) is 0.128. The predicted molar refractivity (Wildman–Crippen MR) is 99.8 cm³/mol. The van der Waals surface area contributed by atoms with Gasteiger partial charge in [0.25, 0.3) is 0 Å². The SMILES string of the molecule is COc1ccc(NC(=O)C2CC(=O)N(c3ccccc3C#N)C2)cc1OC. The zero-order valence-electron chi connectivity index (χ0n) is 15.1. The van der Waals surface area contributed by atoms with Crippen molar-refractivity contribution in [3.05, 3.63) is 48.0 Å². The van der Waals surface area contributed by atoms with Gasteiger partial charge in [-0.3, -0.25) is 9.59 Å². The van der Waals surface area contributed by atoms with Crippen molar-refractivity contribution >= 4 is 23.2 Å². The molecule has 1 heterocycles. The second kappa shape index (κ2) is 7.79. The molecule has 0 aliphatic carbocycles. The Morgan fingerprint density at radius 2 is 1.93 bits per heavy atom. The van der Waals surface area contributed by atoms with Crippen LogP contribution in [-0.2, 0) is 9.59 Å². The third kappa shape index (κ3) is 3.70. The zero-order chi connectivity index (χ0) is 19.4. The lowest BCUT2D eigenvalue weighted by Gasteiger charge is -2.18. The van der Waals surface area contributed by atoms with Crippen molar-refractivity contribution in [1.29, 1.82) is 5.26 Å². The van der Waals surface area contributed by atoms with Gasteiger partial charge in [-0.1, -0.05) is 12.1 Å². The van der Waals surface area contributed by atoms with E-state index in [0.29, 0.717) is 28.4 Å². The molecule has 0 bridgehead atoms. The number of hydrogen-bond acceptors (Lipinski definition) is 5. The van der Waals surface area contributed by atoms with Crippen LogP contribution in [0.5, 0.6) is 11.5 Å². The Labute approximate surface area is 157 Å². The number of benzene rings is 2. The Bertz CT molecular complexity index is 920. The number of ether oxygens (including phenoxy) is 2. The van der Waals surface area contributed by atoms with Gasteiger partial charge in [0.15, 0.2) is 11.5 Å². The molecular weight excluding hydrogens is 346 g/mol. The summed E-state index contributed by atoms with van der Waals surface area (Å²) in [5.41, 5.74) is 1.50. The van der Waals surface area contributed by atoms with Crippen molar-refractivity contribution in [2.75, 3.05) is 31.0 Å². The van der Waals surface area contributed by atoms with Gasteiger partial charge < -0.3 is 19.7 Å². The van der Waals surface area contributed by atoms with Crippen LogP contribution in [0.4, 0.5) is 11.4 Å². The lowest BCUT2D eigenvalue weighted by atomic mass is 10.1. The first-order chi connectivity index (χ1) is 13.1. The Hall–Kier alpha value is -3.53. The lowest BCUT2D eigenvalue weighted by Crippen LogP contribution is -2.28. The van der Waals surface area contributed by atoms with E-state index in [1.54, 1.807) is 42.5 Å².